The van der Waals surface area contributed by atoms with Gasteiger partial charge in [0.25, 0.3) is 14.7 Å². The maximum absolute atomic E-state index is 10.4. The van der Waals surface area contributed by atoms with Crippen molar-refractivity contribution in [3.05, 3.63) is 0 Å². The highest BCUT2D eigenvalue weighted by Gasteiger charge is 2.13. The van der Waals surface area contributed by atoms with Crippen molar-refractivity contribution in [2.45, 2.75) is 0 Å². The van der Waals surface area contributed by atoms with Gasteiger partial charge in [-0.25, -0.2) is 9.59 Å². The van der Waals surface area contributed by atoms with Crippen LogP contribution in [-0.4, -0.2) is 42.2 Å². The SMILES string of the molecule is BBOC(=O)C(=O)OBB. The molecule has 0 atom stereocenters. The highest BCUT2D eigenvalue weighted by atomic mass is 16.6. The van der Waals surface area contributed by atoms with E-state index in [1.165, 1.54) is 0 Å². The molecule has 0 amide bonds. The van der Waals surface area contributed by atoms with Crippen LogP contribution in [0.3, 0.4) is 0 Å². The van der Waals surface area contributed by atoms with Gasteiger partial charge < -0.3 is 9.31 Å². The molecule has 0 aromatic heterocycles. The summed E-state index contributed by atoms with van der Waals surface area (Å²) in [5.74, 6) is -1.85. The predicted octanol–water partition coefficient (Wildman–Crippen LogP) is -4.13. The molecule has 0 bridgehead atoms. The van der Waals surface area contributed by atoms with E-state index in [4.69, 9.17) is 0 Å². The number of carbonyl (C=O) groups excluding carboxylic acids is 2. The first-order chi connectivity index (χ1) is 4.72. The zero-order chi connectivity index (χ0) is 7.98. The highest BCUT2D eigenvalue weighted by Crippen LogP contribution is 1.78. The minimum absolute atomic E-state index is 0.192. The number of carbonyl (C=O) groups is 2. The van der Waals surface area contributed by atoms with Gasteiger partial charge in [-0.3, -0.25) is 0 Å². The maximum atomic E-state index is 10.4. The van der Waals surface area contributed by atoms with Crippen LogP contribution in [0.25, 0.3) is 0 Å². The molecule has 0 spiro atoms. The third-order valence-corrected chi connectivity index (χ3v) is 0.718. The van der Waals surface area contributed by atoms with Gasteiger partial charge >= 0.3 is 11.9 Å². The molecule has 0 heterocycles. The van der Waals surface area contributed by atoms with Crippen LogP contribution in [-0.2, 0) is 18.9 Å². The Hall–Kier alpha value is -0.800. The molecule has 0 aromatic rings. The summed E-state index contributed by atoms with van der Waals surface area (Å²) in [6.45, 7) is 0. The molecule has 0 unspecified atom stereocenters. The van der Waals surface area contributed by atoms with Crippen molar-refractivity contribution in [2.24, 2.45) is 0 Å². The predicted molar refractivity (Wildman–Crippen MR) is 43.6 cm³/mol. The summed E-state index contributed by atoms with van der Waals surface area (Å²) < 4.78 is 8.69. The van der Waals surface area contributed by atoms with Gasteiger partial charge in [0, 0.05) is 0 Å². The van der Waals surface area contributed by atoms with Gasteiger partial charge in [0.2, 0.25) is 0 Å². The van der Waals surface area contributed by atoms with Crippen LogP contribution in [0.4, 0.5) is 0 Å². The quantitative estimate of drug-likeness (QED) is 0.287. The van der Waals surface area contributed by atoms with Crippen LogP contribution in [0.2, 0.25) is 0 Å². The van der Waals surface area contributed by atoms with E-state index in [9.17, 15) is 9.59 Å². The number of hydrogen-bond acceptors (Lipinski definition) is 4. The molecule has 0 fully saturated rings. The Morgan fingerprint density at radius 3 is 1.50 bits per heavy atom. The molecule has 0 aliphatic carbocycles. The lowest BCUT2D eigenvalue weighted by Gasteiger charge is -1.99. The van der Waals surface area contributed by atoms with Gasteiger partial charge in [0.15, 0.2) is 0 Å². The van der Waals surface area contributed by atoms with Crippen LogP contribution < -0.4 is 0 Å². The summed E-state index contributed by atoms with van der Waals surface area (Å²) in [5, 5.41) is 0. The van der Waals surface area contributed by atoms with Crippen molar-refractivity contribution < 1.29 is 18.9 Å². The molecule has 0 radical (unpaired) electrons. The molecular formula is C2H6B4O4. The van der Waals surface area contributed by atoms with Gasteiger partial charge in [-0.2, -0.15) is 0 Å². The number of hydrogen-bond donors (Lipinski definition) is 0. The second-order valence-corrected chi connectivity index (χ2v) is 1.44. The Morgan fingerprint density at radius 1 is 1.00 bits per heavy atom. The van der Waals surface area contributed by atoms with Crippen molar-refractivity contribution in [3.63, 3.8) is 0 Å². The smallest absolute Gasteiger partial charge is 0.397 e. The molecule has 10 heavy (non-hydrogen) atoms. The van der Waals surface area contributed by atoms with E-state index < -0.39 is 11.9 Å². The molecule has 0 aromatic carbocycles. The highest BCUT2D eigenvalue weighted by molar-refractivity contribution is 6.87. The fourth-order valence-corrected chi connectivity index (χ4v) is 0.380. The molecule has 0 saturated heterocycles. The Kier molecular flexibility index (Phi) is 4.62. The summed E-state index contributed by atoms with van der Waals surface area (Å²) in [4.78, 5) is 20.9. The summed E-state index contributed by atoms with van der Waals surface area (Å²) >= 11 is 0. The Balaban J connectivity index is 3.60. The molecule has 0 saturated carbocycles. The van der Waals surface area contributed by atoms with Crippen LogP contribution in [0.1, 0.15) is 0 Å². The van der Waals surface area contributed by atoms with Crippen molar-refractivity contribution in [2.75, 3.05) is 0 Å². The summed E-state index contributed by atoms with van der Waals surface area (Å²) in [6, 6.07) is 0. The van der Waals surface area contributed by atoms with Gasteiger partial charge in [-0.15, -0.1) is 0 Å². The molecule has 50 valence electrons. The lowest BCUT2D eigenvalue weighted by molar-refractivity contribution is -0.156. The Labute approximate surface area is 62.0 Å². The fourth-order valence-electron chi connectivity index (χ4n) is 0.380. The second-order valence-electron chi connectivity index (χ2n) is 1.44. The average Bonchev–Trinajstić information content (AvgIpc) is 1.89. The van der Waals surface area contributed by atoms with Crippen LogP contribution >= 0.6 is 0 Å². The minimum Gasteiger partial charge on any atom is -0.540 e. The van der Waals surface area contributed by atoms with Crippen LogP contribution in [0.5, 0.6) is 0 Å². The van der Waals surface area contributed by atoms with Gasteiger partial charge in [-0.05, 0) is 0 Å². The summed E-state index contributed by atoms with van der Waals surface area (Å²) in [7, 11) is 3.63. The van der Waals surface area contributed by atoms with Crippen molar-refractivity contribution in [1.82, 2.24) is 0 Å². The molecule has 0 aliphatic heterocycles. The monoisotopic (exact) mass is 138 g/mol. The molecule has 0 N–H and O–H groups in total. The van der Waals surface area contributed by atoms with E-state index in [1.54, 1.807) is 15.5 Å². The first kappa shape index (κ1) is 9.20. The van der Waals surface area contributed by atoms with Gasteiger partial charge in [-0.1, -0.05) is 0 Å². The first-order valence-corrected chi connectivity index (χ1v) is 3.06. The largest absolute Gasteiger partial charge is 0.540 e. The molecule has 4 nitrogen and oxygen atoms in total. The normalized spacial score (nSPS) is 7.60. The summed E-state index contributed by atoms with van der Waals surface area (Å²) in [5.41, 5.74) is 0. The first-order valence-electron chi connectivity index (χ1n) is 3.06. The van der Waals surface area contributed by atoms with E-state index in [0.29, 0.717) is 0 Å². The Morgan fingerprint density at radius 2 is 1.30 bits per heavy atom. The van der Waals surface area contributed by atoms with E-state index in [0.717, 1.165) is 0 Å². The van der Waals surface area contributed by atoms with Gasteiger partial charge in [0.1, 0.15) is 15.5 Å². The topological polar surface area (TPSA) is 52.6 Å². The van der Waals surface area contributed by atoms with E-state index >= 15 is 0 Å². The minimum atomic E-state index is -0.927. The maximum Gasteiger partial charge on any atom is 0.397 e. The average molecular weight is 137 g/mol. The second kappa shape index (κ2) is 5.02. The fraction of sp³-hybridized carbons (Fsp3) is 0. The van der Waals surface area contributed by atoms with Crippen molar-refractivity contribution in [1.29, 1.82) is 0 Å². The Bertz CT molecular complexity index is 119. The molecule has 0 rings (SSSR count). The van der Waals surface area contributed by atoms with Crippen molar-refractivity contribution in [3.8, 4) is 0 Å². The van der Waals surface area contributed by atoms with Crippen molar-refractivity contribution >= 4 is 42.2 Å². The number of rotatable bonds is 2. The standard InChI is InChI=1S/C2H6B4O4/c3-5-9-1(7)2(8)10-6-4/h5-6H,3-4H2. The molecule has 0 aliphatic rings. The van der Waals surface area contributed by atoms with Crippen LogP contribution in [0, 0.1) is 0 Å². The molecular weight excluding hydrogens is 131 g/mol. The lowest BCUT2D eigenvalue weighted by atomic mass is 9.72. The van der Waals surface area contributed by atoms with Gasteiger partial charge in [0.05, 0.1) is 0 Å². The zero-order valence-electron chi connectivity index (χ0n) is 6.05. The lowest BCUT2D eigenvalue weighted by Crippen LogP contribution is -2.23. The molecule has 8 heteroatoms. The zero-order valence-corrected chi connectivity index (χ0v) is 6.05. The summed E-state index contributed by atoms with van der Waals surface area (Å²) in [6.07, 6.45) is 0. The third kappa shape index (κ3) is 3.27. The van der Waals surface area contributed by atoms with E-state index in [-0.39, 0.29) is 14.7 Å². The van der Waals surface area contributed by atoms with E-state index in [1.807, 2.05) is 0 Å². The van der Waals surface area contributed by atoms with E-state index in [2.05, 4.69) is 9.31 Å². The third-order valence-electron chi connectivity index (χ3n) is 0.718. The van der Waals surface area contributed by atoms with Crippen LogP contribution in [0.15, 0.2) is 0 Å².